The largest absolute Gasteiger partial charge is 0.461 e. The summed E-state index contributed by atoms with van der Waals surface area (Å²) in [6.07, 6.45) is 6.30. The van der Waals surface area contributed by atoms with Crippen LogP contribution in [-0.4, -0.2) is 82.4 Å². The third-order valence-electron chi connectivity index (χ3n) is 9.39. The summed E-state index contributed by atoms with van der Waals surface area (Å²) in [5, 5.41) is 3.94. The number of aryl methyl sites for hydroxylation is 2. The number of hydrogen-bond donors (Lipinski definition) is 1. The summed E-state index contributed by atoms with van der Waals surface area (Å²) in [6.45, 7) is 7.35. The van der Waals surface area contributed by atoms with E-state index in [-0.39, 0.29) is 35.4 Å². The van der Waals surface area contributed by atoms with Gasteiger partial charge in [0.05, 0.1) is 16.6 Å². The summed E-state index contributed by atoms with van der Waals surface area (Å²) in [4.78, 5) is 23.1. The Kier molecular flexibility index (Phi) is 6.38. The number of nitrogens with zero attached hydrogens (tertiary/aromatic N) is 6. The van der Waals surface area contributed by atoms with Crippen molar-refractivity contribution in [3.05, 3.63) is 34.9 Å². The smallest absolute Gasteiger partial charge is 0.319 e. The van der Waals surface area contributed by atoms with E-state index in [1.54, 1.807) is 6.20 Å². The van der Waals surface area contributed by atoms with Crippen LogP contribution in [-0.2, 0) is 0 Å². The van der Waals surface area contributed by atoms with Crippen molar-refractivity contribution in [3.8, 4) is 17.4 Å². The minimum atomic E-state index is -0.852. The lowest BCUT2D eigenvalue weighted by Crippen LogP contribution is -2.43. The predicted octanol–water partition coefficient (Wildman–Crippen LogP) is 4.47. The van der Waals surface area contributed by atoms with E-state index < -0.39 is 12.0 Å². The number of ether oxygens (including phenoxy) is 1. The third-order valence-corrected chi connectivity index (χ3v) is 9.39. The monoisotopic (exact) mass is 549 g/mol. The van der Waals surface area contributed by atoms with Crippen molar-refractivity contribution in [1.82, 2.24) is 30.2 Å². The zero-order valence-corrected chi connectivity index (χ0v) is 23.5. The minimum Gasteiger partial charge on any atom is -0.461 e. The molecule has 0 bridgehead atoms. The van der Waals surface area contributed by atoms with Crippen molar-refractivity contribution < 1.29 is 13.5 Å². The Balaban J connectivity index is 1.33. The maximum Gasteiger partial charge on any atom is 0.319 e. The molecule has 3 aromatic heterocycles. The van der Waals surface area contributed by atoms with Gasteiger partial charge in [-0.05, 0) is 82.2 Å². The SMILES string of the molecule is Cc1cc(C)c(C2CC2)c(-c2ncc3c(N(C)[C@@H]4CCNC4)nc(OC[C@@]45CCCN4C[C@H](F)C5)nc3c2F)n1. The molecule has 4 fully saturated rings. The molecule has 1 saturated carbocycles. The van der Waals surface area contributed by atoms with Crippen molar-refractivity contribution in [3.63, 3.8) is 0 Å². The number of hydrogen-bond acceptors (Lipinski definition) is 8. The van der Waals surface area contributed by atoms with Crippen LogP contribution < -0.4 is 15.0 Å². The Morgan fingerprint density at radius 2 is 2.02 bits per heavy atom. The first-order valence-corrected chi connectivity index (χ1v) is 14.6. The van der Waals surface area contributed by atoms with Gasteiger partial charge in [0.25, 0.3) is 0 Å². The van der Waals surface area contributed by atoms with Crippen molar-refractivity contribution >= 4 is 16.7 Å². The second-order valence-electron chi connectivity index (χ2n) is 12.3. The summed E-state index contributed by atoms with van der Waals surface area (Å²) >= 11 is 0. The van der Waals surface area contributed by atoms with Crippen LogP contribution in [0.3, 0.4) is 0 Å². The maximum absolute atomic E-state index is 16.6. The molecule has 212 valence electrons. The molecular weight excluding hydrogens is 512 g/mol. The highest BCUT2D eigenvalue weighted by atomic mass is 19.1. The van der Waals surface area contributed by atoms with Crippen LogP contribution in [0.15, 0.2) is 12.3 Å². The summed E-state index contributed by atoms with van der Waals surface area (Å²) in [5.41, 5.74) is 3.70. The topological polar surface area (TPSA) is 79.3 Å². The summed E-state index contributed by atoms with van der Waals surface area (Å²) in [7, 11) is 1.98. The Morgan fingerprint density at radius 3 is 2.80 bits per heavy atom. The standard InChI is InChI=1S/C30H37F2N7O/c1-17-11-18(2)35-26(23(17)19-5-6-19)27-24(32)25-22(14-34-27)28(38(3)21-7-9-33-13-21)37-29(36-25)40-16-30-8-4-10-39(30)15-20(31)12-30/h11,14,19-21,33H,4-10,12-13,15-16H2,1-3H3/t20-,21-,30+/m1/s1. The normalized spacial score (nSPS) is 26.5. The Labute approximate surface area is 233 Å². The predicted molar refractivity (Wildman–Crippen MR) is 150 cm³/mol. The summed E-state index contributed by atoms with van der Waals surface area (Å²) < 4.78 is 37.2. The van der Waals surface area contributed by atoms with E-state index in [0.717, 1.165) is 68.6 Å². The van der Waals surface area contributed by atoms with E-state index in [1.165, 1.54) is 0 Å². The molecule has 0 amide bonds. The molecule has 3 saturated heterocycles. The number of pyridine rings is 2. The molecule has 40 heavy (non-hydrogen) atoms. The molecular formula is C30H37F2N7O. The number of nitrogens with one attached hydrogen (secondary N) is 1. The van der Waals surface area contributed by atoms with Crippen molar-refractivity contribution in [2.75, 3.05) is 44.7 Å². The average Bonchev–Trinajstić information content (AvgIpc) is 3.31. The molecule has 7 rings (SSSR count). The van der Waals surface area contributed by atoms with Gasteiger partial charge in [-0.3, -0.25) is 14.9 Å². The van der Waals surface area contributed by atoms with Crippen LogP contribution in [0.25, 0.3) is 22.3 Å². The highest BCUT2D eigenvalue weighted by Gasteiger charge is 2.49. The molecule has 0 spiro atoms. The molecule has 3 aromatic rings. The van der Waals surface area contributed by atoms with Crippen molar-refractivity contribution in [1.29, 1.82) is 0 Å². The summed E-state index contributed by atoms with van der Waals surface area (Å²) in [5.74, 6) is 0.479. The van der Waals surface area contributed by atoms with Crippen LogP contribution in [0.4, 0.5) is 14.6 Å². The van der Waals surface area contributed by atoms with Crippen molar-refractivity contribution in [2.45, 2.75) is 76.0 Å². The first kappa shape index (κ1) is 26.0. The van der Waals surface area contributed by atoms with Gasteiger partial charge in [0, 0.05) is 44.5 Å². The van der Waals surface area contributed by atoms with Gasteiger partial charge in [-0.15, -0.1) is 0 Å². The van der Waals surface area contributed by atoms with Crippen molar-refractivity contribution in [2.24, 2.45) is 0 Å². The molecule has 1 aliphatic carbocycles. The third kappa shape index (κ3) is 4.40. The number of rotatable bonds is 7. The lowest BCUT2D eigenvalue weighted by atomic mass is 9.95. The van der Waals surface area contributed by atoms with Gasteiger partial charge < -0.3 is 15.0 Å². The molecule has 3 aliphatic heterocycles. The van der Waals surface area contributed by atoms with Crippen LogP contribution in [0, 0.1) is 19.7 Å². The molecule has 4 aliphatic rings. The fourth-order valence-corrected chi connectivity index (χ4v) is 7.23. The fourth-order valence-electron chi connectivity index (χ4n) is 7.23. The molecule has 0 aromatic carbocycles. The van der Waals surface area contributed by atoms with Gasteiger partial charge in [0.1, 0.15) is 29.8 Å². The number of likely N-dealkylation sites (N-methyl/N-ethyl adjacent to an activating group) is 1. The van der Waals surface area contributed by atoms with Crippen LogP contribution in [0.5, 0.6) is 6.01 Å². The molecule has 0 radical (unpaired) electrons. The second kappa shape index (κ2) is 9.83. The van der Waals surface area contributed by atoms with E-state index in [0.29, 0.717) is 35.8 Å². The minimum absolute atomic E-state index is 0.121. The number of aromatic nitrogens is 4. The lowest BCUT2D eigenvalue weighted by molar-refractivity contribution is 0.107. The van der Waals surface area contributed by atoms with Gasteiger partial charge in [-0.25, -0.2) is 8.78 Å². The number of alkyl halides is 1. The van der Waals surface area contributed by atoms with Crippen LogP contribution >= 0.6 is 0 Å². The first-order chi connectivity index (χ1) is 19.3. The van der Waals surface area contributed by atoms with Gasteiger partial charge >= 0.3 is 6.01 Å². The Bertz CT molecular complexity index is 1460. The molecule has 1 N–H and O–H groups in total. The highest BCUT2D eigenvalue weighted by Crippen LogP contribution is 2.46. The lowest BCUT2D eigenvalue weighted by Gasteiger charge is -2.31. The van der Waals surface area contributed by atoms with E-state index >= 15 is 4.39 Å². The quantitative estimate of drug-likeness (QED) is 0.463. The average molecular weight is 550 g/mol. The van der Waals surface area contributed by atoms with Crippen LogP contribution in [0.1, 0.15) is 61.3 Å². The maximum atomic E-state index is 16.6. The highest BCUT2D eigenvalue weighted by molar-refractivity contribution is 5.92. The van der Waals surface area contributed by atoms with Gasteiger partial charge in [0.15, 0.2) is 5.82 Å². The zero-order valence-electron chi connectivity index (χ0n) is 23.5. The first-order valence-electron chi connectivity index (χ1n) is 14.6. The molecule has 10 heteroatoms. The van der Waals surface area contributed by atoms with Gasteiger partial charge in [-0.1, -0.05) is 0 Å². The number of fused-ring (bicyclic) bond motifs is 2. The van der Waals surface area contributed by atoms with E-state index in [1.807, 2.05) is 14.0 Å². The van der Waals surface area contributed by atoms with E-state index in [2.05, 4.69) is 38.1 Å². The Morgan fingerprint density at radius 1 is 1.18 bits per heavy atom. The molecule has 8 nitrogen and oxygen atoms in total. The fraction of sp³-hybridized carbons (Fsp3) is 0.600. The molecule has 0 unspecified atom stereocenters. The zero-order chi connectivity index (χ0) is 27.6. The van der Waals surface area contributed by atoms with E-state index in [9.17, 15) is 4.39 Å². The Hall–Kier alpha value is -2.98. The molecule has 6 heterocycles. The molecule has 3 atom stereocenters. The number of anilines is 1. The number of halogens is 2. The van der Waals surface area contributed by atoms with E-state index in [4.69, 9.17) is 14.7 Å². The summed E-state index contributed by atoms with van der Waals surface area (Å²) in [6, 6.07) is 2.39. The van der Waals surface area contributed by atoms with Crippen LogP contribution in [0.2, 0.25) is 0 Å². The van der Waals surface area contributed by atoms with Gasteiger partial charge in [0.2, 0.25) is 0 Å². The van der Waals surface area contributed by atoms with Gasteiger partial charge in [-0.2, -0.15) is 9.97 Å². The second-order valence-corrected chi connectivity index (χ2v) is 12.3.